The van der Waals surface area contributed by atoms with Crippen molar-refractivity contribution in [1.82, 2.24) is 19.2 Å². The van der Waals surface area contributed by atoms with Gasteiger partial charge in [-0.15, -0.1) is 0 Å². The Kier molecular flexibility index (Phi) is 9.18. The lowest BCUT2D eigenvalue weighted by Crippen LogP contribution is -2.46. The number of hydrogen-bond donors (Lipinski definition) is 2. The van der Waals surface area contributed by atoms with E-state index in [1.165, 1.54) is 71.6 Å². The zero-order valence-corrected chi connectivity index (χ0v) is 25.4. The first-order valence-electron chi connectivity index (χ1n) is 14.0. The maximum atomic E-state index is 12.8. The summed E-state index contributed by atoms with van der Waals surface area (Å²) >= 11 is 6.40. The summed E-state index contributed by atoms with van der Waals surface area (Å²) in [6, 6.07) is 13.4. The van der Waals surface area contributed by atoms with Crippen LogP contribution in [0.25, 0.3) is 0 Å². The van der Waals surface area contributed by atoms with Gasteiger partial charge in [0, 0.05) is 45.0 Å². The average Bonchev–Trinajstić information content (AvgIpc) is 2.99. The van der Waals surface area contributed by atoms with Crippen molar-refractivity contribution in [2.45, 2.75) is 43.0 Å². The summed E-state index contributed by atoms with van der Waals surface area (Å²) < 4.78 is 32.5. The van der Waals surface area contributed by atoms with E-state index < -0.39 is 10.0 Å². The highest BCUT2D eigenvalue weighted by atomic mass is 35.5. The molecule has 2 saturated heterocycles. The number of benzene rings is 2. The van der Waals surface area contributed by atoms with Crippen LogP contribution >= 0.6 is 11.6 Å². The van der Waals surface area contributed by atoms with E-state index in [1.54, 1.807) is 25.3 Å². The summed E-state index contributed by atoms with van der Waals surface area (Å²) in [7, 11) is 0.935. The molecule has 0 bridgehead atoms. The van der Waals surface area contributed by atoms with Crippen LogP contribution in [0.15, 0.2) is 53.6 Å². The van der Waals surface area contributed by atoms with E-state index >= 15 is 0 Å². The fourth-order valence-electron chi connectivity index (χ4n) is 5.51. The van der Waals surface area contributed by atoms with Crippen molar-refractivity contribution >= 4 is 50.5 Å². The predicted molar refractivity (Wildman–Crippen MR) is 165 cm³/mol. The third kappa shape index (κ3) is 6.69. The monoisotopic (exact) mass is 599 g/mol. The van der Waals surface area contributed by atoms with Crippen molar-refractivity contribution in [3.8, 4) is 5.75 Å². The number of hydrogen-bond acceptors (Lipinski definition) is 9. The van der Waals surface area contributed by atoms with Gasteiger partial charge < -0.3 is 25.2 Å². The lowest BCUT2D eigenvalue weighted by molar-refractivity contribution is 0.141. The summed E-state index contributed by atoms with van der Waals surface area (Å²) in [5.41, 5.74) is 2.20. The lowest BCUT2D eigenvalue weighted by Gasteiger charge is -2.41. The van der Waals surface area contributed by atoms with Gasteiger partial charge in [0.15, 0.2) is 5.82 Å². The van der Waals surface area contributed by atoms with E-state index in [4.69, 9.17) is 16.3 Å². The number of piperidine rings is 2. The molecule has 220 valence electrons. The maximum Gasteiger partial charge on any atom is 0.244 e. The minimum Gasteiger partial charge on any atom is -0.494 e. The molecule has 0 unspecified atom stereocenters. The molecule has 2 aromatic carbocycles. The van der Waals surface area contributed by atoms with Crippen LogP contribution in [-0.2, 0) is 10.0 Å². The van der Waals surface area contributed by atoms with E-state index in [9.17, 15) is 8.42 Å². The Balaban J connectivity index is 1.30. The molecule has 2 fully saturated rings. The molecule has 1 aromatic heterocycles. The Labute approximate surface area is 247 Å². The lowest BCUT2D eigenvalue weighted by atomic mass is 9.99. The number of halogens is 1. The maximum absolute atomic E-state index is 12.8. The first-order valence-corrected chi connectivity index (χ1v) is 15.8. The van der Waals surface area contributed by atoms with Gasteiger partial charge in [-0.05, 0) is 63.0 Å². The van der Waals surface area contributed by atoms with Gasteiger partial charge >= 0.3 is 0 Å². The van der Waals surface area contributed by atoms with Gasteiger partial charge in [-0.3, -0.25) is 0 Å². The highest BCUT2D eigenvalue weighted by Gasteiger charge is 2.26. The van der Waals surface area contributed by atoms with Gasteiger partial charge in [-0.2, -0.15) is 4.98 Å². The van der Waals surface area contributed by atoms with Crippen molar-refractivity contribution in [2.75, 3.05) is 62.9 Å². The number of anilines is 5. The Morgan fingerprint density at radius 3 is 2.41 bits per heavy atom. The quantitative estimate of drug-likeness (QED) is 0.338. The highest BCUT2D eigenvalue weighted by Crippen LogP contribution is 2.34. The number of ether oxygens (including phenoxy) is 1. The van der Waals surface area contributed by atoms with Gasteiger partial charge in [0.2, 0.25) is 16.0 Å². The predicted octanol–water partition coefficient (Wildman–Crippen LogP) is 5.33. The van der Waals surface area contributed by atoms with Gasteiger partial charge in [0.05, 0.1) is 24.7 Å². The number of aromatic nitrogens is 2. The van der Waals surface area contributed by atoms with Crippen molar-refractivity contribution < 1.29 is 13.2 Å². The molecule has 2 N–H and O–H groups in total. The summed E-state index contributed by atoms with van der Waals surface area (Å²) in [5, 5.41) is 6.54. The molecule has 0 saturated carbocycles. The molecule has 10 nitrogen and oxygen atoms in total. The molecule has 3 aromatic rings. The molecular weight excluding hydrogens is 562 g/mol. The van der Waals surface area contributed by atoms with Crippen molar-refractivity contribution in [3.63, 3.8) is 0 Å². The second-order valence-electron chi connectivity index (χ2n) is 10.6. The summed E-state index contributed by atoms with van der Waals surface area (Å²) in [5.74, 6) is 1.24. The topological polar surface area (TPSA) is 103 Å². The molecular formula is C29H38ClN7O3S. The average molecular weight is 600 g/mol. The third-order valence-corrected chi connectivity index (χ3v) is 9.96. The molecule has 5 rings (SSSR count). The number of methoxy groups -OCH3 is 1. The van der Waals surface area contributed by atoms with Crippen molar-refractivity contribution in [2.24, 2.45) is 0 Å². The second-order valence-corrected chi connectivity index (χ2v) is 13.2. The Morgan fingerprint density at radius 2 is 1.71 bits per heavy atom. The van der Waals surface area contributed by atoms with E-state index in [-0.39, 0.29) is 15.7 Å². The normalized spacial score (nSPS) is 17.0. The smallest absolute Gasteiger partial charge is 0.244 e. The van der Waals surface area contributed by atoms with Crippen LogP contribution in [0.5, 0.6) is 5.75 Å². The molecule has 0 radical (unpaired) electrons. The Bertz CT molecular complexity index is 1460. The molecule has 0 amide bonds. The van der Waals surface area contributed by atoms with Gasteiger partial charge in [0.1, 0.15) is 15.7 Å². The van der Waals surface area contributed by atoms with Gasteiger partial charge in [-0.25, -0.2) is 17.7 Å². The molecule has 12 heteroatoms. The summed E-state index contributed by atoms with van der Waals surface area (Å²) in [6.45, 7) is 4.53. The van der Waals surface area contributed by atoms with Crippen LogP contribution in [0.2, 0.25) is 5.02 Å². The third-order valence-electron chi connectivity index (χ3n) is 7.81. The highest BCUT2D eigenvalue weighted by molar-refractivity contribution is 7.89. The summed E-state index contributed by atoms with van der Waals surface area (Å²) in [4.78, 5) is 14.1. The SMILES string of the molecule is COc1cc(N2CCC(N3CCCCC3)CC2)ccc1Nc1ncc(Cl)c(Nc2ccccc2S(=O)(=O)N(C)C)n1. The minimum absolute atomic E-state index is 0.117. The number of sulfonamides is 1. The number of rotatable bonds is 9. The first kappa shape index (κ1) is 29.4. The molecule has 0 spiro atoms. The van der Waals surface area contributed by atoms with Crippen LogP contribution < -0.4 is 20.3 Å². The standard InChI is InChI=1S/C29H38ClN7O3S/c1-35(2)41(38,39)27-10-6-5-9-25(27)32-28-23(30)20-31-29(34-28)33-24-12-11-22(19-26(24)40-3)37-17-13-21(14-18-37)36-15-7-4-8-16-36/h5-6,9-12,19-21H,4,7-8,13-18H2,1-3H3,(H2,31,32,33,34). The Hall–Kier alpha value is -3.12. The van der Waals surface area contributed by atoms with E-state index in [0.717, 1.165) is 23.1 Å². The number of nitrogens with one attached hydrogen (secondary N) is 2. The van der Waals surface area contributed by atoms with Crippen LogP contribution in [0, 0.1) is 0 Å². The largest absolute Gasteiger partial charge is 0.494 e. The van der Waals surface area contributed by atoms with Crippen LogP contribution in [0.4, 0.5) is 28.8 Å². The molecule has 0 atom stereocenters. The van der Waals surface area contributed by atoms with E-state index in [0.29, 0.717) is 29.1 Å². The van der Waals surface area contributed by atoms with Crippen molar-refractivity contribution in [3.05, 3.63) is 53.7 Å². The molecule has 0 aliphatic carbocycles. The minimum atomic E-state index is -3.68. The van der Waals surface area contributed by atoms with Crippen LogP contribution in [0.3, 0.4) is 0 Å². The number of nitrogens with zero attached hydrogens (tertiary/aromatic N) is 5. The number of para-hydroxylation sites is 1. The Morgan fingerprint density at radius 1 is 0.976 bits per heavy atom. The number of likely N-dealkylation sites (tertiary alicyclic amines) is 1. The zero-order valence-electron chi connectivity index (χ0n) is 23.8. The van der Waals surface area contributed by atoms with E-state index in [2.05, 4.69) is 36.5 Å². The van der Waals surface area contributed by atoms with Crippen LogP contribution in [-0.4, -0.2) is 81.0 Å². The zero-order chi connectivity index (χ0) is 29.0. The van der Waals surface area contributed by atoms with Crippen molar-refractivity contribution in [1.29, 1.82) is 0 Å². The van der Waals surface area contributed by atoms with Gasteiger partial charge in [0.25, 0.3) is 0 Å². The first-order chi connectivity index (χ1) is 19.8. The van der Waals surface area contributed by atoms with Gasteiger partial charge in [-0.1, -0.05) is 30.2 Å². The molecule has 41 heavy (non-hydrogen) atoms. The van der Waals surface area contributed by atoms with Crippen LogP contribution in [0.1, 0.15) is 32.1 Å². The fourth-order valence-corrected chi connectivity index (χ4v) is 6.69. The second kappa shape index (κ2) is 12.8. The molecule has 2 aliphatic heterocycles. The summed E-state index contributed by atoms with van der Waals surface area (Å²) in [6.07, 6.45) is 7.84. The molecule has 3 heterocycles. The fraction of sp³-hybridized carbons (Fsp3) is 0.448. The molecule has 2 aliphatic rings. The van der Waals surface area contributed by atoms with E-state index in [1.807, 2.05) is 12.1 Å².